The largest absolute Gasteiger partial charge is 0.288 e. The first kappa shape index (κ1) is 22.3. The highest BCUT2D eigenvalue weighted by Crippen LogP contribution is 2.31. The Balaban J connectivity index is 2.95. The van der Waals surface area contributed by atoms with E-state index in [4.69, 9.17) is 34.8 Å². The molecule has 0 aliphatic rings. The number of hydrogen-bond donors (Lipinski definition) is 0. The van der Waals surface area contributed by atoms with E-state index < -0.39 is 19.7 Å². The molecule has 140 valence electrons. The zero-order valence-electron chi connectivity index (χ0n) is 14.1. The summed E-state index contributed by atoms with van der Waals surface area (Å²) in [7, 11) is -4.08. The molecular formula is C17H22Cl3NO3S. The lowest BCUT2D eigenvalue weighted by Crippen LogP contribution is -2.44. The van der Waals surface area contributed by atoms with E-state index in [1.165, 1.54) is 12.1 Å². The molecule has 8 heteroatoms. The normalized spacial score (nSPS) is 12.0. The van der Waals surface area contributed by atoms with Crippen LogP contribution in [0.5, 0.6) is 0 Å². The molecule has 0 N–H and O–H groups in total. The number of sulfonamides is 1. The maximum absolute atomic E-state index is 12.8. The highest BCUT2D eigenvalue weighted by Gasteiger charge is 2.41. The van der Waals surface area contributed by atoms with Crippen molar-refractivity contribution in [1.29, 1.82) is 0 Å². The molecule has 25 heavy (non-hydrogen) atoms. The van der Waals surface area contributed by atoms with Gasteiger partial charge in [-0.05, 0) is 38.3 Å². The van der Waals surface area contributed by atoms with Crippen molar-refractivity contribution in [3.63, 3.8) is 0 Å². The molecule has 0 saturated heterocycles. The van der Waals surface area contributed by atoms with Crippen molar-refractivity contribution < 1.29 is 13.2 Å². The summed E-state index contributed by atoms with van der Waals surface area (Å²) in [6.07, 6.45) is 5.87. The van der Waals surface area contributed by atoms with Crippen molar-refractivity contribution in [3.05, 3.63) is 42.5 Å². The van der Waals surface area contributed by atoms with Gasteiger partial charge in [-0.3, -0.25) is 4.79 Å². The van der Waals surface area contributed by atoms with Crippen molar-refractivity contribution in [2.45, 2.75) is 47.7 Å². The van der Waals surface area contributed by atoms with Crippen molar-refractivity contribution >= 4 is 50.7 Å². The molecule has 0 aromatic heterocycles. The molecule has 0 atom stereocenters. The van der Waals surface area contributed by atoms with Gasteiger partial charge < -0.3 is 0 Å². The van der Waals surface area contributed by atoms with Crippen LogP contribution in [-0.2, 0) is 14.8 Å². The number of nitrogens with zero attached hydrogens (tertiary/aromatic N) is 1. The van der Waals surface area contributed by atoms with E-state index in [1.807, 2.05) is 13.0 Å². The summed E-state index contributed by atoms with van der Waals surface area (Å²) >= 11 is 16.9. The van der Waals surface area contributed by atoms with Gasteiger partial charge >= 0.3 is 0 Å². The Morgan fingerprint density at radius 2 is 1.68 bits per heavy atom. The standard InChI is InChI=1S/C17H22Cl3NO3S/c1-3-4-5-6-7-8-13-21(16(22)17(18,19)20)25(23,24)15-11-9-14(2)10-12-15/h3,9-12H,1,4-8,13H2,2H3. The number of hydrogen-bond acceptors (Lipinski definition) is 3. The summed E-state index contributed by atoms with van der Waals surface area (Å²) in [6.45, 7) is 5.46. The van der Waals surface area contributed by atoms with Crippen LogP contribution in [-0.4, -0.2) is 29.0 Å². The predicted molar refractivity (Wildman–Crippen MR) is 104 cm³/mol. The number of carbonyl (C=O) groups is 1. The fourth-order valence-corrected chi connectivity index (χ4v) is 4.12. The topological polar surface area (TPSA) is 54.5 Å². The predicted octanol–water partition coefficient (Wildman–Crippen LogP) is 5.02. The second-order valence-electron chi connectivity index (χ2n) is 5.68. The average molecular weight is 427 g/mol. The van der Waals surface area contributed by atoms with Crippen molar-refractivity contribution in [3.8, 4) is 0 Å². The van der Waals surface area contributed by atoms with E-state index in [1.54, 1.807) is 12.1 Å². The van der Waals surface area contributed by atoms with Crippen LogP contribution in [0.3, 0.4) is 0 Å². The summed E-state index contributed by atoms with van der Waals surface area (Å²) in [5.41, 5.74) is 0.903. The zero-order chi connectivity index (χ0) is 19.1. The van der Waals surface area contributed by atoms with Gasteiger partial charge in [-0.2, -0.15) is 0 Å². The fraction of sp³-hybridized carbons (Fsp3) is 0.471. The van der Waals surface area contributed by atoms with E-state index in [9.17, 15) is 13.2 Å². The minimum atomic E-state index is -4.08. The zero-order valence-corrected chi connectivity index (χ0v) is 17.1. The molecule has 1 rings (SSSR count). The van der Waals surface area contributed by atoms with Crippen LogP contribution in [0.4, 0.5) is 0 Å². The minimum Gasteiger partial charge on any atom is -0.269 e. The molecule has 0 spiro atoms. The molecule has 1 aromatic rings. The summed E-state index contributed by atoms with van der Waals surface area (Å²) in [4.78, 5) is 12.3. The third-order valence-corrected chi connectivity index (χ3v) is 5.88. The van der Waals surface area contributed by atoms with E-state index >= 15 is 0 Å². The number of unbranched alkanes of at least 4 members (excludes halogenated alkanes) is 4. The number of amides is 1. The van der Waals surface area contributed by atoms with Gasteiger partial charge in [0.1, 0.15) is 0 Å². The first-order valence-corrected chi connectivity index (χ1v) is 10.5. The van der Waals surface area contributed by atoms with Crippen LogP contribution < -0.4 is 0 Å². The Kier molecular flexibility index (Phi) is 8.75. The highest BCUT2D eigenvalue weighted by atomic mass is 35.6. The van der Waals surface area contributed by atoms with Crippen molar-refractivity contribution in [1.82, 2.24) is 4.31 Å². The Bertz CT molecular complexity index is 682. The van der Waals surface area contributed by atoms with E-state index in [0.717, 1.165) is 31.2 Å². The molecule has 0 aliphatic carbocycles. The summed E-state index contributed by atoms with van der Waals surface area (Å²) in [6, 6.07) is 6.18. The lowest BCUT2D eigenvalue weighted by Gasteiger charge is -2.25. The Labute approximate surface area is 164 Å². The van der Waals surface area contributed by atoms with E-state index in [2.05, 4.69) is 6.58 Å². The molecule has 1 amide bonds. The molecule has 0 bridgehead atoms. The van der Waals surface area contributed by atoms with Gasteiger partial charge in [0.25, 0.3) is 19.7 Å². The molecule has 0 aliphatic heterocycles. The minimum absolute atomic E-state index is 0.00708. The van der Waals surface area contributed by atoms with Gasteiger partial charge in [0.2, 0.25) is 0 Å². The lowest BCUT2D eigenvalue weighted by atomic mass is 10.1. The van der Waals surface area contributed by atoms with E-state index in [-0.39, 0.29) is 11.4 Å². The second kappa shape index (κ2) is 9.81. The monoisotopic (exact) mass is 425 g/mol. The SMILES string of the molecule is C=CCCCCCCN(C(=O)C(Cl)(Cl)Cl)S(=O)(=O)c1ccc(C)cc1. The van der Waals surface area contributed by atoms with Gasteiger partial charge in [0, 0.05) is 6.54 Å². The van der Waals surface area contributed by atoms with Crippen LogP contribution in [0.2, 0.25) is 0 Å². The van der Waals surface area contributed by atoms with Crippen LogP contribution >= 0.6 is 34.8 Å². The summed E-state index contributed by atoms with van der Waals surface area (Å²) in [5.74, 6) is -1.07. The molecule has 0 fully saturated rings. The first-order valence-electron chi connectivity index (χ1n) is 7.92. The Morgan fingerprint density at radius 1 is 1.12 bits per heavy atom. The number of allylic oxidation sites excluding steroid dienone is 1. The van der Waals surface area contributed by atoms with Gasteiger partial charge in [-0.25, -0.2) is 12.7 Å². The second-order valence-corrected chi connectivity index (χ2v) is 9.83. The average Bonchev–Trinajstić information content (AvgIpc) is 2.53. The maximum Gasteiger partial charge on any atom is 0.288 e. The first-order chi connectivity index (χ1) is 11.6. The number of benzene rings is 1. The Morgan fingerprint density at radius 3 is 2.20 bits per heavy atom. The van der Waals surface area contributed by atoms with Crippen LogP contribution in [0.1, 0.15) is 37.7 Å². The van der Waals surface area contributed by atoms with Crippen molar-refractivity contribution in [2.75, 3.05) is 6.54 Å². The van der Waals surface area contributed by atoms with Crippen molar-refractivity contribution in [2.24, 2.45) is 0 Å². The molecule has 1 aromatic carbocycles. The number of aryl methyl sites for hydroxylation is 1. The van der Waals surface area contributed by atoms with Crippen LogP contribution in [0, 0.1) is 6.92 Å². The lowest BCUT2D eigenvalue weighted by molar-refractivity contribution is -0.125. The molecule has 0 saturated carbocycles. The quantitative estimate of drug-likeness (QED) is 0.316. The molecule has 0 unspecified atom stereocenters. The van der Waals surface area contributed by atoms with Gasteiger partial charge in [-0.15, -0.1) is 6.58 Å². The molecule has 4 nitrogen and oxygen atoms in total. The van der Waals surface area contributed by atoms with Gasteiger partial charge in [-0.1, -0.05) is 71.4 Å². The van der Waals surface area contributed by atoms with E-state index in [0.29, 0.717) is 10.7 Å². The summed E-state index contributed by atoms with van der Waals surface area (Å²) in [5, 5.41) is 0. The highest BCUT2D eigenvalue weighted by molar-refractivity contribution is 7.89. The van der Waals surface area contributed by atoms with Gasteiger partial charge in [0.15, 0.2) is 0 Å². The fourth-order valence-electron chi connectivity index (χ4n) is 2.21. The maximum atomic E-state index is 12.8. The molecule has 0 heterocycles. The number of halogens is 3. The van der Waals surface area contributed by atoms with Crippen LogP contribution in [0.15, 0.2) is 41.8 Å². The molecule has 0 radical (unpaired) electrons. The van der Waals surface area contributed by atoms with Crippen LogP contribution in [0.25, 0.3) is 0 Å². The Hall–Kier alpha value is -0.750. The smallest absolute Gasteiger partial charge is 0.269 e. The third kappa shape index (κ3) is 6.81. The third-order valence-electron chi connectivity index (χ3n) is 3.60. The number of carbonyl (C=O) groups excluding carboxylic acids is 1. The van der Waals surface area contributed by atoms with Gasteiger partial charge in [0.05, 0.1) is 4.90 Å². The summed E-state index contributed by atoms with van der Waals surface area (Å²) < 4.78 is 24.0. The molecular weight excluding hydrogens is 405 g/mol. The number of rotatable bonds is 9. The number of alkyl halides is 3.